The Balaban J connectivity index is 2.03. The van der Waals surface area contributed by atoms with Crippen molar-refractivity contribution in [2.24, 2.45) is 0 Å². The molecule has 1 aliphatic heterocycles. The highest BCUT2D eigenvalue weighted by molar-refractivity contribution is 7.89. The molecule has 5 nitrogen and oxygen atoms in total. The van der Waals surface area contributed by atoms with Crippen LogP contribution in [0.1, 0.15) is 19.8 Å². The number of benzene rings is 1. The molecule has 20 heavy (non-hydrogen) atoms. The molecular weight excluding hydrogens is 274 g/mol. The molecule has 1 atom stereocenters. The van der Waals surface area contributed by atoms with Crippen LogP contribution >= 0.6 is 0 Å². The highest BCUT2D eigenvalue weighted by atomic mass is 32.2. The Morgan fingerprint density at radius 2 is 2.05 bits per heavy atom. The van der Waals surface area contributed by atoms with Gasteiger partial charge in [0.25, 0.3) is 0 Å². The molecule has 2 N–H and O–H groups in total. The van der Waals surface area contributed by atoms with Crippen molar-refractivity contribution in [3.8, 4) is 0 Å². The second-order valence-electron chi connectivity index (χ2n) is 5.17. The summed E-state index contributed by atoms with van der Waals surface area (Å²) in [5, 5.41) is 3.46. The standard InChI is InChI=1S/C14H23N3O2S/c1-3-16-20(18,19)14-8-6-13(7-9-14)17(2)11-12-5-4-10-15-12/h6-9,12,15-16H,3-5,10-11H2,1-2H3. The van der Waals surface area contributed by atoms with Crippen molar-refractivity contribution in [1.29, 1.82) is 0 Å². The molecule has 0 aromatic heterocycles. The number of hydrogen-bond donors (Lipinski definition) is 2. The lowest BCUT2D eigenvalue weighted by Crippen LogP contribution is -2.35. The van der Waals surface area contributed by atoms with Gasteiger partial charge >= 0.3 is 0 Å². The molecule has 1 aromatic carbocycles. The Hall–Kier alpha value is -1.11. The molecule has 0 aliphatic carbocycles. The van der Waals surface area contributed by atoms with Crippen LogP contribution in [-0.2, 0) is 10.0 Å². The smallest absolute Gasteiger partial charge is 0.240 e. The van der Waals surface area contributed by atoms with E-state index in [1.807, 2.05) is 19.2 Å². The van der Waals surface area contributed by atoms with E-state index in [2.05, 4.69) is 14.9 Å². The molecule has 2 rings (SSSR count). The Morgan fingerprint density at radius 3 is 2.60 bits per heavy atom. The number of nitrogens with one attached hydrogen (secondary N) is 2. The zero-order valence-electron chi connectivity index (χ0n) is 12.1. The van der Waals surface area contributed by atoms with Gasteiger partial charge in [0.2, 0.25) is 10.0 Å². The van der Waals surface area contributed by atoms with Gasteiger partial charge in [-0.2, -0.15) is 0 Å². The highest BCUT2D eigenvalue weighted by Gasteiger charge is 2.17. The van der Waals surface area contributed by atoms with Gasteiger partial charge in [-0.3, -0.25) is 0 Å². The van der Waals surface area contributed by atoms with Crippen LogP contribution in [0.3, 0.4) is 0 Å². The number of anilines is 1. The summed E-state index contributed by atoms with van der Waals surface area (Å²) >= 11 is 0. The molecule has 1 saturated heterocycles. The first kappa shape index (κ1) is 15.3. The molecular formula is C14H23N3O2S. The molecule has 0 spiro atoms. The molecule has 1 aliphatic rings. The molecule has 0 amide bonds. The van der Waals surface area contributed by atoms with Crippen LogP contribution in [-0.4, -0.2) is 41.1 Å². The van der Waals surface area contributed by atoms with Crippen LogP contribution in [0.2, 0.25) is 0 Å². The van der Waals surface area contributed by atoms with Gasteiger partial charge in [-0.15, -0.1) is 0 Å². The molecule has 0 saturated carbocycles. The van der Waals surface area contributed by atoms with Gasteiger partial charge in [-0.1, -0.05) is 6.92 Å². The number of hydrogen-bond acceptors (Lipinski definition) is 4. The molecule has 6 heteroatoms. The Labute approximate surface area is 121 Å². The molecule has 1 heterocycles. The van der Waals surface area contributed by atoms with E-state index < -0.39 is 10.0 Å². The van der Waals surface area contributed by atoms with Crippen LogP contribution in [0.15, 0.2) is 29.2 Å². The number of sulfonamides is 1. The zero-order chi connectivity index (χ0) is 14.6. The van der Waals surface area contributed by atoms with Gasteiger partial charge < -0.3 is 10.2 Å². The van der Waals surface area contributed by atoms with Crippen molar-refractivity contribution in [2.45, 2.75) is 30.7 Å². The predicted octanol–water partition coefficient (Wildman–Crippen LogP) is 1.17. The Bertz CT molecular complexity index is 522. The maximum Gasteiger partial charge on any atom is 0.240 e. The summed E-state index contributed by atoms with van der Waals surface area (Å²) in [6.45, 7) is 4.21. The second kappa shape index (κ2) is 6.56. The van der Waals surface area contributed by atoms with Gasteiger partial charge in [-0.25, -0.2) is 13.1 Å². The summed E-state index contributed by atoms with van der Waals surface area (Å²) in [6.07, 6.45) is 2.44. The van der Waals surface area contributed by atoms with Crippen LogP contribution in [0.5, 0.6) is 0 Å². The lowest BCUT2D eigenvalue weighted by Gasteiger charge is -2.23. The second-order valence-corrected chi connectivity index (χ2v) is 6.94. The number of likely N-dealkylation sites (N-methyl/N-ethyl adjacent to an activating group) is 1. The quantitative estimate of drug-likeness (QED) is 0.827. The van der Waals surface area contributed by atoms with Crippen LogP contribution in [0, 0.1) is 0 Å². The average molecular weight is 297 g/mol. The minimum atomic E-state index is -3.36. The van der Waals surface area contributed by atoms with Crippen molar-refractivity contribution in [1.82, 2.24) is 10.0 Å². The van der Waals surface area contributed by atoms with Crippen molar-refractivity contribution in [2.75, 3.05) is 31.6 Å². The van der Waals surface area contributed by atoms with E-state index in [1.165, 1.54) is 12.8 Å². The van der Waals surface area contributed by atoms with E-state index >= 15 is 0 Å². The van der Waals surface area contributed by atoms with E-state index in [0.29, 0.717) is 17.5 Å². The summed E-state index contributed by atoms with van der Waals surface area (Å²) in [5.41, 5.74) is 1.04. The molecule has 0 bridgehead atoms. The topological polar surface area (TPSA) is 61.4 Å². The maximum absolute atomic E-state index is 11.9. The van der Waals surface area contributed by atoms with Crippen LogP contribution < -0.4 is 14.9 Å². The van der Waals surface area contributed by atoms with E-state index in [1.54, 1.807) is 19.1 Å². The van der Waals surface area contributed by atoms with E-state index in [9.17, 15) is 8.42 Å². The van der Waals surface area contributed by atoms with Gasteiger partial charge in [-0.05, 0) is 43.7 Å². The zero-order valence-corrected chi connectivity index (χ0v) is 12.9. The van der Waals surface area contributed by atoms with Crippen molar-refractivity contribution in [3.63, 3.8) is 0 Å². The van der Waals surface area contributed by atoms with Crippen LogP contribution in [0.4, 0.5) is 5.69 Å². The van der Waals surface area contributed by atoms with Crippen molar-refractivity contribution >= 4 is 15.7 Å². The third-order valence-electron chi connectivity index (χ3n) is 3.58. The normalized spacial score (nSPS) is 19.2. The SMILES string of the molecule is CCNS(=O)(=O)c1ccc(N(C)CC2CCCN2)cc1. The number of rotatable bonds is 6. The molecule has 1 aromatic rings. The summed E-state index contributed by atoms with van der Waals surface area (Å²) < 4.78 is 26.2. The summed E-state index contributed by atoms with van der Waals surface area (Å²) in [6, 6.07) is 7.57. The maximum atomic E-state index is 11.9. The van der Waals surface area contributed by atoms with Crippen LogP contribution in [0.25, 0.3) is 0 Å². The first-order valence-electron chi connectivity index (χ1n) is 7.07. The Morgan fingerprint density at radius 1 is 1.35 bits per heavy atom. The van der Waals surface area contributed by atoms with Crippen molar-refractivity contribution in [3.05, 3.63) is 24.3 Å². The van der Waals surface area contributed by atoms with Gasteiger partial charge in [0, 0.05) is 31.9 Å². The lowest BCUT2D eigenvalue weighted by molar-refractivity contribution is 0.583. The predicted molar refractivity (Wildman–Crippen MR) is 81.6 cm³/mol. The third-order valence-corrected chi connectivity index (χ3v) is 5.14. The molecule has 1 unspecified atom stereocenters. The summed E-state index contributed by atoms with van der Waals surface area (Å²) in [4.78, 5) is 2.47. The lowest BCUT2D eigenvalue weighted by atomic mass is 10.2. The van der Waals surface area contributed by atoms with Gasteiger partial charge in [0.1, 0.15) is 0 Å². The fourth-order valence-electron chi connectivity index (χ4n) is 2.50. The minimum Gasteiger partial charge on any atom is -0.373 e. The third kappa shape index (κ3) is 3.71. The minimum absolute atomic E-state index is 0.315. The summed E-state index contributed by atoms with van der Waals surface area (Å²) in [5.74, 6) is 0. The van der Waals surface area contributed by atoms with Gasteiger partial charge in [0.05, 0.1) is 4.90 Å². The highest BCUT2D eigenvalue weighted by Crippen LogP contribution is 2.18. The number of nitrogens with zero attached hydrogens (tertiary/aromatic N) is 1. The molecule has 1 fully saturated rings. The molecule has 0 radical (unpaired) electrons. The van der Waals surface area contributed by atoms with E-state index in [0.717, 1.165) is 18.8 Å². The van der Waals surface area contributed by atoms with Crippen molar-refractivity contribution < 1.29 is 8.42 Å². The van der Waals surface area contributed by atoms with E-state index in [-0.39, 0.29) is 0 Å². The average Bonchev–Trinajstić information content (AvgIpc) is 2.91. The monoisotopic (exact) mass is 297 g/mol. The van der Waals surface area contributed by atoms with Gasteiger partial charge in [0.15, 0.2) is 0 Å². The first-order chi connectivity index (χ1) is 9.53. The summed E-state index contributed by atoms with van der Waals surface area (Å²) in [7, 11) is -1.32. The largest absolute Gasteiger partial charge is 0.373 e. The first-order valence-corrected chi connectivity index (χ1v) is 8.55. The molecule has 112 valence electrons. The fraction of sp³-hybridized carbons (Fsp3) is 0.571. The van der Waals surface area contributed by atoms with E-state index in [4.69, 9.17) is 0 Å². The fourth-order valence-corrected chi connectivity index (χ4v) is 3.54. The Kier molecular flexibility index (Phi) is 5.01.